The minimum Gasteiger partial charge on any atom is -0.486 e. The first-order valence-corrected chi connectivity index (χ1v) is 11.6. The normalized spacial score (nSPS) is 42.4. The maximum atomic E-state index is 15.1. The van der Waals surface area contributed by atoms with Crippen LogP contribution >= 0.6 is 0 Å². The van der Waals surface area contributed by atoms with E-state index < -0.39 is 30.7 Å². The van der Waals surface area contributed by atoms with E-state index >= 15 is 4.39 Å². The Kier molecular flexibility index (Phi) is 8.64. The van der Waals surface area contributed by atoms with Gasteiger partial charge in [-0.25, -0.2) is 13.2 Å². The summed E-state index contributed by atoms with van der Waals surface area (Å²) in [4.78, 5) is 0. The fraction of sp³-hybridized carbons (Fsp3) is 0.833. The van der Waals surface area contributed by atoms with Crippen molar-refractivity contribution in [3.63, 3.8) is 0 Å². The van der Waals surface area contributed by atoms with Crippen molar-refractivity contribution in [2.24, 2.45) is 29.6 Å². The van der Waals surface area contributed by atoms with Gasteiger partial charge in [-0.05, 0) is 87.4 Å². The molecule has 0 spiro atoms. The number of alkyl halides is 3. The SMILES string of the molecule is C=CCCC1CCC(C2CCC(C3CC(F)C(OC=C(F)F)C(F)C3)C(F)C2)CC1. The summed E-state index contributed by atoms with van der Waals surface area (Å²) in [7, 11) is 0. The molecule has 0 heterocycles. The Morgan fingerprint density at radius 2 is 1.40 bits per heavy atom. The van der Waals surface area contributed by atoms with Crippen LogP contribution in [0.3, 0.4) is 0 Å². The van der Waals surface area contributed by atoms with E-state index in [1.54, 1.807) is 0 Å². The van der Waals surface area contributed by atoms with E-state index in [9.17, 15) is 17.6 Å². The van der Waals surface area contributed by atoms with Crippen molar-refractivity contribution in [3.05, 3.63) is 25.0 Å². The molecule has 3 rings (SSSR count). The molecule has 3 aliphatic carbocycles. The Morgan fingerprint density at radius 3 is 1.97 bits per heavy atom. The fourth-order valence-corrected chi connectivity index (χ4v) is 6.25. The molecule has 0 aromatic heterocycles. The lowest BCUT2D eigenvalue weighted by Crippen LogP contribution is -2.45. The van der Waals surface area contributed by atoms with E-state index in [-0.39, 0.29) is 30.9 Å². The number of hydrogen-bond acceptors (Lipinski definition) is 1. The van der Waals surface area contributed by atoms with Gasteiger partial charge in [0.15, 0.2) is 6.10 Å². The topological polar surface area (TPSA) is 9.23 Å². The van der Waals surface area contributed by atoms with E-state index in [1.165, 1.54) is 19.3 Å². The van der Waals surface area contributed by atoms with E-state index in [0.29, 0.717) is 24.7 Å². The molecule has 30 heavy (non-hydrogen) atoms. The Labute approximate surface area is 177 Å². The fourth-order valence-electron chi connectivity index (χ4n) is 6.25. The average Bonchev–Trinajstić information content (AvgIpc) is 2.71. The Morgan fingerprint density at radius 1 is 0.800 bits per heavy atom. The van der Waals surface area contributed by atoms with Crippen LogP contribution in [0.15, 0.2) is 25.0 Å². The number of rotatable bonds is 7. The van der Waals surface area contributed by atoms with Crippen molar-refractivity contribution in [1.82, 2.24) is 0 Å². The summed E-state index contributed by atoms with van der Waals surface area (Å²) in [5, 5.41) is 0. The van der Waals surface area contributed by atoms with Gasteiger partial charge in [0.2, 0.25) is 0 Å². The lowest BCUT2D eigenvalue weighted by Gasteiger charge is -2.44. The zero-order valence-electron chi connectivity index (χ0n) is 17.6. The quantitative estimate of drug-likeness (QED) is 0.226. The average molecular weight is 435 g/mol. The minimum absolute atomic E-state index is 0.0169. The molecular weight excluding hydrogens is 399 g/mol. The monoisotopic (exact) mass is 434 g/mol. The van der Waals surface area contributed by atoms with Gasteiger partial charge in [-0.15, -0.1) is 6.58 Å². The Bertz CT molecular complexity index is 558. The summed E-state index contributed by atoms with van der Waals surface area (Å²) >= 11 is 0. The Hall–Kier alpha value is -1.07. The van der Waals surface area contributed by atoms with E-state index in [4.69, 9.17) is 0 Å². The van der Waals surface area contributed by atoms with Crippen LogP contribution in [0.2, 0.25) is 0 Å². The van der Waals surface area contributed by atoms with Crippen molar-refractivity contribution in [2.75, 3.05) is 0 Å². The van der Waals surface area contributed by atoms with Crippen molar-refractivity contribution in [3.8, 4) is 0 Å². The van der Waals surface area contributed by atoms with Gasteiger partial charge in [-0.2, -0.15) is 8.78 Å². The molecule has 3 saturated carbocycles. The van der Waals surface area contributed by atoms with Crippen molar-refractivity contribution in [1.29, 1.82) is 0 Å². The van der Waals surface area contributed by atoms with Gasteiger partial charge in [-0.3, -0.25) is 0 Å². The second kappa shape index (κ2) is 11.0. The molecule has 0 amide bonds. The Balaban J connectivity index is 1.48. The predicted molar refractivity (Wildman–Crippen MR) is 108 cm³/mol. The van der Waals surface area contributed by atoms with Gasteiger partial charge in [0.05, 0.1) is 0 Å². The molecule has 1 nitrogen and oxygen atoms in total. The van der Waals surface area contributed by atoms with E-state index in [2.05, 4.69) is 11.3 Å². The van der Waals surface area contributed by atoms with Crippen LogP contribution in [0.25, 0.3) is 0 Å². The predicted octanol–water partition coefficient (Wildman–Crippen LogP) is 7.72. The van der Waals surface area contributed by atoms with Gasteiger partial charge in [0.25, 0.3) is 0 Å². The summed E-state index contributed by atoms with van der Waals surface area (Å²) in [5.74, 6) is 0.975. The van der Waals surface area contributed by atoms with Gasteiger partial charge in [0.1, 0.15) is 24.8 Å². The third-order valence-corrected chi connectivity index (χ3v) is 7.89. The standard InChI is InChI=1S/C24H35F5O/c1-2-3-4-15-5-7-16(8-6-15)17-9-10-19(20(25)11-17)18-12-21(26)24(22(27)13-18)30-14-23(28)29/h2,14-22,24H,1,3-13H2. The summed E-state index contributed by atoms with van der Waals surface area (Å²) < 4.78 is 72.8. The van der Waals surface area contributed by atoms with Crippen LogP contribution in [-0.4, -0.2) is 24.6 Å². The highest BCUT2D eigenvalue weighted by atomic mass is 19.3. The summed E-state index contributed by atoms with van der Waals surface area (Å²) in [6, 6.07) is 0. The van der Waals surface area contributed by atoms with Crippen LogP contribution < -0.4 is 0 Å². The molecule has 6 heteroatoms. The van der Waals surface area contributed by atoms with Crippen LogP contribution in [-0.2, 0) is 4.74 Å². The highest BCUT2D eigenvalue weighted by molar-refractivity contribution is 4.96. The zero-order chi connectivity index (χ0) is 21.7. The maximum Gasteiger partial charge on any atom is 0.304 e. The summed E-state index contributed by atoms with van der Waals surface area (Å²) in [5.41, 5.74) is 0. The molecule has 5 unspecified atom stereocenters. The first kappa shape index (κ1) is 23.6. The second-order valence-electron chi connectivity index (χ2n) is 9.67. The lowest BCUT2D eigenvalue weighted by atomic mass is 9.64. The van der Waals surface area contributed by atoms with Crippen molar-refractivity contribution < 1.29 is 26.7 Å². The van der Waals surface area contributed by atoms with Crippen LogP contribution in [0, 0.1) is 29.6 Å². The molecule has 0 aromatic carbocycles. The molecule has 0 radical (unpaired) electrons. The first-order valence-electron chi connectivity index (χ1n) is 11.6. The zero-order valence-corrected chi connectivity index (χ0v) is 17.6. The molecule has 172 valence electrons. The van der Waals surface area contributed by atoms with Gasteiger partial charge in [0, 0.05) is 0 Å². The maximum absolute atomic E-state index is 15.1. The minimum atomic E-state index is -2.12. The van der Waals surface area contributed by atoms with Gasteiger partial charge in [-0.1, -0.05) is 18.9 Å². The molecular formula is C24H35F5O. The summed E-state index contributed by atoms with van der Waals surface area (Å²) in [6.45, 7) is 3.79. The summed E-state index contributed by atoms with van der Waals surface area (Å²) in [6.07, 6.45) is 3.07. The molecule has 0 bridgehead atoms. The number of allylic oxidation sites excluding steroid dienone is 1. The second-order valence-corrected chi connectivity index (χ2v) is 9.67. The number of halogens is 5. The van der Waals surface area contributed by atoms with Crippen LogP contribution in [0.1, 0.15) is 70.6 Å². The number of hydrogen-bond donors (Lipinski definition) is 0. The molecule has 0 N–H and O–H groups in total. The molecule has 0 saturated heterocycles. The number of ether oxygens (including phenoxy) is 1. The van der Waals surface area contributed by atoms with Crippen LogP contribution in [0.5, 0.6) is 0 Å². The highest BCUT2D eigenvalue weighted by Crippen LogP contribution is 2.47. The van der Waals surface area contributed by atoms with Crippen molar-refractivity contribution >= 4 is 0 Å². The largest absolute Gasteiger partial charge is 0.486 e. The molecule has 0 aliphatic heterocycles. The third-order valence-electron chi connectivity index (χ3n) is 7.89. The van der Waals surface area contributed by atoms with E-state index in [1.807, 2.05) is 6.08 Å². The first-order chi connectivity index (χ1) is 14.4. The van der Waals surface area contributed by atoms with Crippen LogP contribution in [0.4, 0.5) is 22.0 Å². The third kappa shape index (κ3) is 6.00. The lowest BCUT2D eigenvalue weighted by molar-refractivity contribution is -0.0692. The molecule has 3 fully saturated rings. The van der Waals surface area contributed by atoms with E-state index in [0.717, 1.165) is 31.6 Å². The molecule has 5 atom stereocenters. The molecule has 0 aromatic rings. The molecule has 3 aliphatic rings. The van der Waals surface area contributed by atoms with Crippen molar-refractivity contribution in [2.45, 2.75) is 95.2 Å². The van der Waals surface area contributed by atoms with Gasteiger partial charge >= 0.3 is 6.08 Å². The highest BCUT2D eigenvalue weighted by Gasteiger charge is 2.46. The van der Waals surface area contributed by atoms with Gasteiger partial charge < -0.3 is 4.74 Å². The smallest absolute Gasteiger partial charge is 0.304 e.